The monoisotopic (exact) mass is 444 g/mol. The van der Waals surface area contributed by atoms with Crippen molar-refractivity contribution in [1.82, 2.24) is 5.32 Å². The zero-order chi connectivity index (χ0) is 23.0. The second-order valence-corrected chi connectivity index (χ2v) is 11.1. The Kier molecular flexibility index (Phi) is 6.37. The van der Waals surface area contributed by atoms with Gasteiger partial charge in [0.2, 0.25) is 15.9 Å². The third-order valence-electron chi connectivity index (χ3n) is 5.48. The van der Waals surface area contributed by atoms with Gasteiger partial charge in [-0.1, -0.05) is 44.2 Å². The first-order valence-electron chi connectivity index (χ1n) is 10.5. The summed E-state index contributed by atoms with van der Waals surface area (Å²) in [6.45, 7) is 9.69. The van der Waals surface area contributed by atoms with Gasteiger partial charge in [-0.3, -0.25) is 9.10 Å². The number of nitrogens with one attached hydrogen (secondary N) is 1. The van der Waals surface area contributed by atoms with Gasteiger partial charge in [0.1, 0.15) is 17.9 Å². The van der Waals surface area contributed by atoms with Crippen molar-refractivity contribution in [3.63, 3.8) is 0 Å². The first-order chi connectivity index (χ1) is 14.4. The van der Waals surface area contributed by atoms with Crippen molar-refractivity contribution in [2.45, 2.75) is 58.6 Å². The first kappa shape index (κ1) is 23.1. The highest BCUT2D eigenvalue weighted by atomic mass is 32.2. The lowest BCUT2D eigenvalue weighted by Gasteiger charge is -2.38. The molecule has 31 heavy (non-hydrogen) atoms. The molecule has 1 aliphatic rings. The Balaban J connectivity index is 1.88. The predicted molar refractivity (Wildman–Crippen MR) is 124 cm³/mol. The molecule has 0 spiro atoms. The quantitative estimate of drug-likeness (QED) is 0.721. The van der Waals surface area contributed by atoms with Gasteiger partial charge >= 0.3 is 0 Å². The number of hydrogen-bond acceptors (Lipinski definition) is 4. The number of nitrogens with zero attached hydrogens (tertiary/aromatic N) is 1. The highest BCUT2D eigenvalue weighted by Gasteiger charge is 2.35. The van der Waals surface area contributed by atoms with Crippen molar-refractivity contribution in [3.05, 3.63) is 59.2 Å². The third-order valence-corrected chi connectivity index (χ3v) is 6.60. The number of hydrogen-bond donors (Lipinski definition) is 1. The molecule has 2 aromatic carbocycles. The summed E-state index contributed by atoms with van der Waals surface area (Å²) < 4.78 is 32.5. The fourth-order valence-corrected chi connectivity index (χ4v) is 4.92. The van der Waals surface area contributed by atoms with Crippen molar-refractivity contribution in [1.29, 1.82) is 0 Å². The SMILES string of the molecule is Cc1ccc2c(c1)OC(C)(C)C[C@@H]2NC(=O)CN(c1ccccc1C(C)C)S(C)(=O)=O. The van der Waals surface area contributed by atoms with Crippen LogP contribution in [0.5, 0.6) is 5.75 Å². The van der Waals surface area contributed by atoms with Gasteiger partial charge in [-0.05, 0) is 49.9 Å². The fourth-order valence-electron chi connectivity index (χ4n) is 4.04. The van der Waals surface area contributed by atoms with Crippen LogP contribution >= 0.6 is 0 Å². The van der Waals surface area contributed by atoms with Crippen LogP contribution in [0, 0.1) is 6.92 Å². The van der Waals surface area contributed by atoms with Crippen LogP contribution in [0.2, 0.25) is 0 Å². The summed E-state index contributed by atoms with van der Waals surface area (Å²) >= 11 is 0. The summed E-state index contributed by atoms with van der Waals surface area (Å²) in [5.74, 6) is 0.528. The number of benzene rings is 2. The lowest BCUT2D eigenvalue weighted by atomic mass is 9.89. The Morgan fingerprint density at radius 3 is 2.55 bits per heavy atom. The van der Waals surface area contributed by atoms with E-state index in [-0.39, 0.29) is 24.4 Å². The maximum absolute atomic E-state index is 13.1. The average Bonchev–Trinajstić information content (AvgIpc) is 2.63. The summed E-state index contributed by atoms with van der Waals surface area (Å²) in [5, 5.41) is 3.05. The zero-order valence-electron chi connectivity index (χ0n) is 19.1. The van der Waals surface area contributed by atoms with Gasteiger partial charge in [-0.25, -0.2) is 8.42 Å². The lowest BCUT2D eigenvalue weighted by Crippen LogP contribution is -2.45. The Bertz CT molecular complexity index is 1080. The molecular formula is C24H32N2O4S. The molecule has 0 saturated heterocycles. The van der Waals surface area contributed by atoms with Gasteiger partial charge in [-0.2, -0.15) is 0 Å². The number of fused-ring (bicyclic) bond motifs is 1. The van der Waals surface area contributed by atoms with Crippen molar-refractivity contribution < 1.29 is 17.9 Å². The van der Waals surface area contributed by atoms with Crippen molar-refractivity contribution in [2.24, 2.45) is 0 Å². The van der Waals surface area contributed by atoms with Crippen LogP contribution in [0.1, 0.15) is 62.8 Å². The van der Waals surface area contributed by atoms with E-state index < -0.39 is 15.6 Å². The van der Waals surface area contributed by atoms with Crippen LogP contribution in [0.15, 0.2) is 42.5 Å². The maximum Gasteiger partial charge on any atom is 0.241 e. The number of carbonyl (C=O) groups excluding carboxylic acids is 1. The summed E-state index contributed by atoms with van der Waals surface area (Å²) in [6.07, 6.45) is 1.73. The highest BCUT2D eigenvalue weighted by Crippen LogP contribution is 2.40. The van der Waals surface area contributed by atoms with E-state index in [1.165, 1.54) is 4.31 Å². The summed E-state index contributed by atoms with van der Waals surface area (Å²) in [6, 6.07) is 13.0. The fraction of sp³-hybridized carbons (Fsp3) is 0.458. The van der Waals surface area contributed by atoms with Crippen LogP contribution in [-0.2, 0) is 14.8 Å². The van der Waals surface area contributed by atoms with Gasteiger partial charge in [0.05, 0.1) is 18.0 Å². The van der Waals surface area contributed by atoms with E-state index in [9.17, 15) is 13.2 Å². The van der Waals surface area contributed by atoms with Gasteiger partial charge in [0, 0.05) is 12.0 Å². The first-order valence-corrected chi connectivity index (χ1v) is 12.4. The molecule has 1 aliphatic heterocycles. The van der Waals surface area contributed by atoms with Crippen molar-refractivity contribution in [2.75, 3.05) is 17.1 Å². The molecule has 1 atom stereocenters. The standard InChI is InChI=1S/C24H32N2O4S/c1-16(2)18-9-7-8-10-21(18)26(31(6,28)29)15-23(27)25-20-14-24(4,5)30-22-13-17(3)11-12-19(20)22/h7-13,16,20H,14-15H2,1-6H3,(H,25,27)/t20-/m0/s1. The Morgan fingerprint density at radius 1 is 1.23 bits per heavy atom. The molecule has 1 amide bonds. The van der Waals surface area contributed by atoms with E-state index in [4.69, 9.17) is 4.74 Å². The molecule has 0 saturated carbocycles. The van der Waals surface area contributed by atoms with Crippen LogP contribution in [-0.4, -0.2) is 32.7 Å². The van der Waals surface area contributed by atoms with E-state index in [2.05, 4.69) is 5.32 Å². The number of aryl methyl sites for hydroxylation is 1. The van der Waals surface area contributed by atoms with E-state index >= 15 is 0 Å². The molecule has 0 bridgehead atoms. The van der Waals surface area contributed by atoms with Gasteiger partial charge < -0.3 is 10.1 Å². The lowest BCUT2D eigenvalue weighted by molar-refractivity contribution is -0.120. The van der Waals surface area contributed by atoms with Gasteiger partial charge in [0.15, 0.2) is 0 Å². The summed E-state index contributed by atoms with van der Waals surface area (Å²) in [5.41, 5.74) is 2.97. The molecule has 1 N–H and O–H groups in total. The van der Waals surface area contributed by atoms with Crippen LogP contribution in [0.4, 0.5) is 5.69 Å². The van der Waals surface area contributed by atoms with E-state index in [0.29, 0.717) is 12.1 Å². The number of para-hydroxylation sites is 1. The van der Waals surface area contributed by atoms with Crippen LogP contribution in [0.3, 0.4) is 0 Å². The van der Waals surface area contributed by atoms with E-state index in [0.717, 1.165) is 28.7 Å². The molecule has 2 aromatic rings. The average molecular weight is 445 g/mol. The molecular weight excluding hydrogens is 412 g/mol. The number of rotatable bonds is 6. The normalized spacial score (nSPS) is 17.6. The maximum atomic E-state index is 13.1. The number of anilines is 1. The van der Waals surface area contributed by atoms with Crippen molar-refractivity contribution in [3.8, 4) is 5.75 Å². The highest BCUT2D eigenvalue weighted by molar-refractivity contribution is 7.92. The molecule has 1 heterocycles. The third kappa shape index (κ3) is 5.39. The molecule has 7 heteroatoms. The van der Waals surface area contributed by atoms with Crippen LogP contribution < -0.4 is 14.4 Å². The Labute approximate surface area is 185 Å². The molecule has 0 unspecified atom stereocenters. The molecule has 0 aromatic heterocycles. The van der Waals surface area contributed by atoms with Gasteiger partial charge in [0.25, 0.3) is 0 Å². The number of sulfonamides is 1. The van der Waals surface area contributed by atoms with Gasteiger partial charge in [-0.15, -0.1) is 0 Å². The predicted octanol–water partition coefficient (Wildman–Crippen LogP) is 4.30. The summed E-state index contributed by atoms with van der Waals surface area (Å²) in [7, 11) is -3.65. The summed E-state index contributed by atoms with van der Waals surface area (Å²) in [4.78, 5) is 13.1. The smallest absolute Gasteiger partial charge is 0.241 e. The Hall–Kier alpha value is -2.54. The molecule has 168 valence electrons. The minimum atomic E-state index is -3.65. The zero-order valence-corrected chi connectivity index (χ0v) is 19.9. The minimum Gasteiger partial charge on any atom is -0.487 e. The molecule has 0 aliphatic carbocycles. The second-order valence-electron chi connectivity index (χ2n) is 9.21. The molecule has 0 radical (unpaired) electrons. The van der Waals surface area contributed by atoms with E-state index in [1.807, 2.05) is 65.0 Å². The second kappa shape index (κ2) is 8.54. The van der Waals surface area contributed by atoms with Crippen LogP contribution in [0.25, 0.3) is 0 Å². The number of carbonyl (C=O) groups is 1. The number of amides is 1. The minimum absolute atomic E-state index is 0.120. The Morgan fingerprint density at radius 2 is 1.90 bits per heavy atom. The molecule has 0 fully saturated rings. The van der Waals surface area contributed by atoms with Crippen molar-refractivity contribution >= 4 is 21.6 Å². The largest absolute Gasteiger partial charge is 0.487 e. The topological polar surface area (TPSA) is 75.7 Å². The van der Waals surface area contributed by atoms with E-state index in [1.54, 1.807) is 12.1 Å². The molecule has 3 rings (SSSR count). The molecule has 6 nitrogen and oxygen atoms in total. The number of ether oxygens (including phenoxy) is 1.